The van der Waals surface area contributed by atoms with E-state index in [0.29, 0.717) is 42.7 Å². The fourth-order valence-electron chi connectivity index (χ4n) is 10.6. The Kier molecular flexibility index (Phi) is 10.5. The van der Waals surface area contributed by atoms with Crippen LogP contribution in [0.1, 0.15) is 36.8 Å². The number of rotatable bonds is 8. The maximum atomic E-state index is 15.4. The summed E-state index contributed by atoms with van der Waals surface area (Å²) in [6.45, 7) is 3.84. The van der Waals surface area contributed by atoms with Crippen LogP contribution in [-0.2, 0) is 26.2 Å². The van der Waals surface area contributed by atoms with E-state index in [1.54, 1.807) is 59.5 Å². The third-order valence-corrected chi connectivity index (χ3v) is 16.2. The van der Waals surface area contributed by atoms with Gasteiger partial charge < -0.3 is 14.7 Å². The van der Waals surface area contributed by atoms with Gasteiger partial charge in [-0.1, -0.05) is 23.3 Å². The van der Waals surface area contributed by atoms with E-state index in [-0.39, 0.29) is 36.2 Å². The number of methoxy groups -OCH3 is 1. The van der Waals surface area contributed by atoms with Gasteiger partial charge >= 0.3 is 0 Å². The van der Waals surface area contributed by atoms with Crippen LogP contribution >= 0.6 is 45.5 Å². The van der Waals surface area contributed by atoms with Crippen LogP contribution in [0.15, 0.2) is 107 Å². The van der Waals surface area contributed by atoms with E-state index in [9.17, 15) is 14.7 Å². The van der Waals surface area contributed by atoms with Crippen LogP contribution in [0.5, 0.6) is 11.5 Å². The van der Waals surface area contributed by atoms with Gasteiger partial charge in [0.15, 0.2) is 11.5 Å². The van der Waals surface area contributed by atoms with E-state index in [1.807, 2.05) is 110 Å². The molecular formula is C49H43ClIN7O6S. The van der Waals surface area contributed by atoms with Gasteiger partial charge in [0, 0.05) is 48.5 Å². The maximum absolute atomic E-state index is 15.4. The van der Waals surface area contributed by atoms with Gasteiger partial charge in [0.2, 0.25) is 23.6 Å². The lowest BCUT2D eigenvalue weighted by molar-refractivity contribution is -0.131. The zero-order valence-corrected chi connectivity index (χ0v) is 40.0. The summed E-state index contributed by atoms with van der Waals surface area (Å²) in [5.41, 5.74) is 4.46. The van der Waals surface area contributed by atoms with Gasteiger partial charge in [-0.2, -0.15) is 15.3 Å². The molecule has 4 aliphatic rings. The summed E-state index contributed by atoms with van der Waals surface area (Å²) in [6.07, 6.45) is 2.46. The lowest BCUT2D eigenvalue weighted by atomic mass is 9.51. The molecule has 2 aliphatic heterocycles. The van der Waals surface area contributed by atoms with Crippen LogP contribution < -0.4 is 19.4 Å². The topological polar surface area (TPSA) is 150 Å². The number of azo groups is 1. The number of carbonyl (C=O) groups is 4. The average molecular weight is 1020 g/mol. The molecule has 65 heavy (non-hydrogen) atoms. The molecule has 1 N–H and O–H groups in total. The Morgan fingerprint density at radius 1 is 0.908 bits per heavy atom. The molecule has 0 spiro atoms. The fraction of sp³-hybridized carbons (Fsp3) is 0.286. The minimum absolute atomic E-state index is 0.0429. The van der Waals surface area contributed by atoms with E-state index < -0.39 is 46.8 Å². The molecule has 16 heteroatoms. The highest BCUT2D eigenvalue weighted by atomic mass is 127. The molecule has 10 rings (SSSR count). The molecule has 3 fully saturated rings. The zero-order chi connectivity index (χ0) is 45.8. The molecule has 6 atom stereocenters. The van der Waals surface area contributed by atoms with Crippen molar-refractivity contribution in [3.63, 3.8) is 0 Å². The highest BCUT2D eigenvalue weighted by Gasteiger charge is 2.68. The number of carbonyl (C=O) groups excluding carboxylic acids is 4. The first kappa shape index (κ1) is 43.0. The Hall–Kier alpha value is -5.91. The number of aryl methyl sites for hydroxylation is 2. The number of aromatic nitrogens is 2. The van der Waals surface area contributed by atoms with Crippen molar-refractivity contribution in [2.24, 2.45) is 46.4 Å². The van der Waals surface area contributed by atoms with Gasteiger partial charge in [-0.15, -0.1) is 11.3 Å². The van der Waals surface area contributed by atoms with Crippen molar-refractivity contribution in [1.82, 2.24) is 9.78 Å². The van der Waals surface area contributed by atoms with Crippen LogP contribution in [0.4, 0.5) is 28.6 Å². The highest BCUT2D eigenvalue weighted by molar-refractivity contribution is 14.1. The number of anilines is 3. The molecule has 2 saturated heterocycles. The Morgan fingerprint density at radius 3 is 2.28 bits per heavy atom. The average Bonchev–Trinajstić information content (AvgIpc) is 3.96. The van der Waals surface area contributed by atoms with Crippen LogP contribution in [0.2, 0.25) is 5.02 Å². The lowest BCUT2D eigenvalue weighted by Crippen LogP contribution is -2.49. The van der Waals surface area contributed by atoms with Crippen LogP contribution in [0.3, 0.4) is 0 Å². The largest absolute Gasteiger partial charge is 0.504 e. The number of benzene rings is 4. The zero-order valence-electron chi connectivity index (χ0n) is 36.2. The first-order valence-electron chi connectivity index (χ1n) is 21.2. The number of nitrogens with zero attached hydrogens (tertiary/aromatic N) is 7. The van der Waals surface area contributed by atoms with Crippen LogP contribution in [0, 0.1) is 39.6 Å². The van der Waals surface area contributed by atoms with Gasteiger partial charge in [0.1, 0.15) is 11.5 Å². The first-order chi connectivity index (χ1) is 31.1. The summed E-state index contributed by atoms with van der Waals surface area (Å²) in [4.78, 5) is 65.1. The Morgan fingerprint density at radius 2 is 1.60 bits per heavy atom. The standard InChI is InChI=1S/C49H43ClIN7O6S/c1-24-33-21-26(50)7-18-39(33)65-44(24)37-23-40(56(5)54-37)58-46(61)35-22-34-31(42(49(35,2)48(58)63)25-19-36(51)43(59)38(20-25)64-6)16-17-32-41(34)47(62)57(45(32)60)30-14-10-28(11-15-30)53-52-27-8-12-29(13-9-27)55(3)4/h7-16,18-21,23,32,34-35,41-42,59H,17,22H2,1-6H3/t32-,34+,35-,41-,42-,49+/m0/s1. The highest BCUT2D eigenvalue weighted by Crippen LogP contribution is 2.64. The number of hydrogen-bond donors (Lipinski definition) is 1. The number of thiophene rings is 1. The number of hydrogen-bond acceptors (Lipinski definition) is 11. The molecule has 4 heterocycles. The number of phenolic OH excluding ortho intramolecular Hbond substituents is 1. The minimum Gasteiger partial charge on any atom is -0.504 e. The molecule has 4 aromatic carbocycles. The predicted molar refractivity (Wildman–Crippen MR) is 260 cm³/mol. The number of fused-ring (bicyclic) bond motifs is 5. The van der Waals surface area contributed by atoms with Gasteiger partial charge in [-0.05, 0) is 151 Å². The summed E-state index contributed by atoms with van der Waals surface area (Å²) in [5.74, 6) is -4.52. The molecule has 6 aromatic rings. The summed E-state index contributed by atoms with van der Waals surface area (Å²) in [5, 5.41) is 26.2. The van der Waals surface area contributed by atoms with Crippen molar-refractivity contribution in [3.05, 3.63) is 116 Å². The molecule has 4 amide bonds. The summed E-state index contributed by atoms with van der Waals surface area (Å²) >= 11 is 9.95. The van der Waals surface area contributed by atoms with E-state index in [2.05, 4.69) is 10.2 Å². The number of halogens is 2. The van der Waals surface area contributed by atoms with E-state index in [4.69, 9.17) is 21.4 Å². The number of aromatic hydroxyl groups is 1. The Balaban J connectivity index is 1.01. The molecule has 330 valence electrons. The van der Waals surface area contributed by atoms with E-state index >= 15 is 9.59 Å². The fourth-order valence-corrected chi connectivity index (χ4v) is 12.5. The number of imide groups is 2. The van der Waals surface area contributed by atoms with Crippen molar-refractivity contribution >= 4 is 108 Å². The third-order valence-electron chi connectivity index (χ3n) is 13.8. The van der Waals surface area contributed by atoms with Crippen LogP contribution in [-0.4, -0.2) is 59.7 Å². The smallest absolute Gasteiger partial charge is 0.242 e. The van der Waals surface area contributed by atoms with Crippen molar-refractivity contribution in [3.8, 4) is 22.1 Å². The van der Waals surface area contributed by atoms with Crippen molar-refractivity contribution in [2.75, 3.05) is 35.9 Å². The molecular weight excluding hydrogens is 977 g/mol. The number of ether oxygens (including phenoxy) is 1. The van der Waals surface area contributed by atoms with Crippen molar-refractivity contribution in [2.45, 2.75) is 32.6 Å². The normalized spacial score (nSPS) is 23.9. The molecule has 2 aliphatic carbocycles. The van der Waals surface area contributed by atoms with Gasteiger partial charge in [-0.25, -0.2) is 4.90 Å². The molecule has 0 radical (unpaired) electrons. The number of allylic oxidation sites excluding steroid dienone is 2. The number of amides is 4. The molecule has 0 bridgehead atoms. The SMILES string of the molecule is COc1cc([C@H]2C3=CC[C@@H]4C(=O)N(c5ccc(N=Nc6ccc(N(C)C)cc6)cc5)C(=O)[C@@H]4[C@@H]3C[C@H]3C(=O)N(c4cc(-c5sc6ccc(Cl)cc6c5C)nn4C)C(=O)[C@@]23C)cc(I)c1O. The quantitative estimate of drug-likeness (QED) is 0.0685. The Bertz CT molecular complexity index is 3070. The second-order valence-electron chi connectivity index (χ2n) is 17.6. The molecule has 2 aromatic heterocycles. The predicted octanol–water partition coefficient (Wildman–Crippen LogP) is 10.5. The maximum Gasteiger partial charge on any atom is 0.242 e. The second-order valence-corrected chi connectivity index (χ2v) is 20.2. The molecule has 13 nitrogen and oxygen atoms in total. The van der Waals surface area contributed by atoms with Gasteiger partial charge in [0.25, 0.3) is 0 Å². The van der Waals surface area contributed by atoms with Crippen molar-refractivity contribution in [1.29, 1.82) is 0 Å². The third kappa shape index (κ3) is 6.71. The van der Waals surface area contributed by atoms with E-state index in [1.165, 1.54) is 16.9 Å². The van der Waals surface area contributed by atoms with Crippen molar-refractivity contribution < 1.29 is 29.0 Å². The van der Waals surface area contributed by atoms with E-state index in [0.717, 1.165) is 31.8 Å². The monoisotopic (exact) mass is 1020 g/mol. The minimum atomic E-state index is -1.32. The first-order valence-corrected chi connectivity index (χ1v) is 23.4. The number of phenols is 1. The van der Waals surface area contributed by atoms with Gasteiger partial charge in [0.05, 0.1) is 55.8 Å². The van der Waals surface area contributed by atoms with Gasteiger partial charge in [-0.3, -0.25) is 28.8 Å². The molecule has 1 saturated carbocycles. The molecule has 0 unspecified atom stereocenters. The summed E-state index contributed by atoms with van der Waals surface area (Å²) < 4.78 is 8.73. The Labute approximate surface area is 397 Å². The second kappa shape index (κ2) is 15.9. The van der Waals surface area contributed by atoms with Crippen LogP contribution in [0.25, 0.3) is 20.7 Å². The summed E-state index contributed by atoms with van der Waals surface area (Å²) in [6, 6.07) is 25.6. The lowest BCUT2D eigenvalue weighted by Gasteiger charge is -2.49. The summed E-state index contributed by atoms with van der Waals surface area (Å²) in [7, 11) is 7.11.